The Bertz CT molecular complexity index is 836. The summed E-state index contributed by atoms with van der Waals surface area (Å²) in [4.78, 5) is 4.71. The van der Waals surface area contributed by atoms with Crippen LogP contribution in [0.1, 0.15) is 35.6 Å². The number of aromatic nitrogens is 3. The summed E-state index contributed by atoms with van der Waals surface area (Å²) in [5.74, 6) is 1.25. The molecule has 4 rings (SSSR count). The molecule has 1 aliphatic rings. The highest BCUT2D eigenvalue weighted by Gasteiger charge is 2.16. The molecule has 3 aromatic rings. The van der Waals surface area contributed by atoms with Gasteiger partial charge in [0.25, 0.3) is 0 Å². The summed E-state index contributed by atoms with van der Waals surface area (Å²) in [7, 11) is 0. The number of fused-ring (bicyclic) bond motifs is 1. The normalized spacial score (nSPS) is 15.7. The molecule has 0 atom stereocenters. The molecule has 4 heterocycles. The highest BCUT2D eigenvalue weighted by Crippen LogP contribution is 2.25. The van der Waals surface area contributed by atoms with E-state index in [0.717, 1.165) is 42.7 Å². The van der Waals surface area contributed by atoms with Crippen LogP contribution in [0.25, 0.3) is 5.52 Å². The Labute approximate surface area is 141 Å². The first-order chi connectivity index (χ1) is 11.8. The van der Waals surface area contributed by atoms with Gasteiger partial charge in [-0.25, -0.2) is 9.50 Å². The van der Waals surface area contributed by atoms with E-state index in [1.54, 1.807) is 0 Å². The maximum atomic E-state index is 5.93. The molecule has 1 N–H and O–H groups in total. The molecule has 1 fully saturated rings. The van der Waals surface area contributed by atoms with Gasteiger partial charge in [-0.1, -0.05) is 6.07 Å². The molecule has 0 aliphatic carbocycles. The third-order valence-electron chi connectivity index (χ3n) is 4.67. The molecule has 0 amide bonds. The van der Waals surface area contributed by atoms with E-state index in [1.807, 2.05) is 35.1 Å². The summed E-state index contributed by atoms with van der Waals surface area (Å²) in [6.45, 7) is 4.73. The number of aryl methyl sites for hydroxylation is 1. The number of pyridine rings is 2. The molecule has 3 aromatic heterocycles. The van der Waals surface area contributed by atoms with Crippen molar-refractivity contribution in [2.75, 3.05) is 13.1 Å². The van der Waals surface area contributed by atoms with E-state index in [1.165, 1.54) is 5.56 Å². The molecule has 0 unspecified atom stereocenters. The van der Waals surface area contributed by atoms with Gasteiger partial charge in [-0.2, -0.15) is 5.10 Å². The lowest BCUT2D eigenvalue weighted by atomic mass is 9.94. The predicted octanol–water partition coefficient (Wildman–Crippen LogP) is 3.08. The number of nitrogens with zero attached hydrogens (tertiary/aromatic N) is 3. The number of ether oxygens (including phenoxy) is 1. The summed E-state index contributed by atoms with van der Waals surface area (Å²) in [6, 6.07) is 10.3. The van der Waals surface area contributed by atoms with Crippen molar-refractivity contribution in [1.29, 1.82) is 0 Å². The quantitative estimate of drug-likeness (QED) is 0.802. The molecular weight excluding hydrogens is 300 g/mol. The molecule has 5 heteroatoms. The van der Waals surface area contributed by atoms with Crippen molar-refractivity contribution in [3.63, 3.8) is 0 Å². The molecule has 0 bridgehead atoms. The average Bonchev–Trinajstić information content (AvgIpc) is 3.02. The van der Waals surface area contributed by atoms with Crippen molar-refractivity contribution in [3.8, 4) is 5.88 Å². The fourth-order valence-corrected chi connectivity index (χ4v) is 3.25. The summed E-state index contributed by atoms with van der Waals surface area (Å²) in [5.41, 5.74) is 4.56. The van der Waals surface area contributed by atoms with E-state index >= 15 is 0 Å². The number of hydrogen-bond acceptors (Lipinski definition) is 4. The van der Waals surface area contributed by atoms with E-state index in [2.05, 4.69) is 29.5 Å². The molecule has 1 aliphatic heterocycles. The topological polar surface area (TPSA) is 51.5 Å². The van der Waals surface area contributed by atoms with Gasteiger partial charge in [0.1, 0.15) is 6.61 Å². The zero-order valence-corrected chi connectivity index (χ0v) is 13.9. The van der Waals surface area contributed by atoms with Crippen molar-refractivity contribution < 1.29 is 4.74 Å². The Balaban J connectivity index is 1.47. The molecule has 24 heavy (non-hydrogen) atoms. The summed E-state index contributed by atoms with van der Waals surface area (Å²) < 4.78 is 7.82. The van der Waals surface area contributed by atoms with Gasteiger partial charge in [-0.3, -0.25) is 0 Å². The van der Waals surface area contributed by atoms with Crippen LogP contribution < -0.4 is 10.1 Å². The van der Waals surface area contributed by atoms with Crippen LogP contribution in [0.2, 0.25) is 0 Å². The number of hydrogen-bond donors (Lipinski definition) is 1. The molecule has 0 saturated carbocycles. The molecule has 124 valence electrons. The number of nitrogens with one attached hydrogen (secondary N) is 1. The second kappa shape index (κ2) is 6.61. The van der Waals surface area contributed by atoms with Crippen LogP contribution in [0.5, 0.6) is 5.88 Å². The maximum Gasteiger partial charge on any atom is 0.213 e. The zero-order chi connectivity index (χ0) is 16.4. The van der Waals surface area contributed by atoms with Gasteiger partial charge in [0.05, 0.1) is 11.7 Å². The minimum Gasteiger partial charge on any atom is -0.473 e. The third-order valence-corrected chi connectivity index (χ3v) is 4.67. The van der Waals surface area contributed by atoms with Gasteiger partial charge < -0.3 is 10.1 Å². The van der Waals surface area contributed by atoms with Gasteiger partial charge in [0.15, 0.2) is 0 Å². The van der Waals surface area contributed by atoms with Crippen LogP contribution in [0.15, 0.2) is 42.7 Å². The van der Waals surface area contributed by atoms with Crippen molar-refractivity contribution in [2.45, 2.75) is 32.3 Å². The molecule has 5 nitrogen and oxygen atoms in total. The van der Waals surface area contributed by atoms with Crippen molar-refractivity contribution in [3.05, 3.63) is 59.5 Å². The minimum atomic E-state index is 0.518. The van der Waals surface area contributed by atoms with Crippen molar-refractivity contribution in [1.82, 2.24) is 19.9 Å². The lowest BCUT2D eigenvalue weighted by Crippen LogP contribution is -2.27. The first kappa shape index (κ1) is 15.1. The minimum absolute atomic E-state index is 0.518. The van der Waals surface area contributed by atoms with Gasteiger partial charge in [-0.05, 0) is 62.2 Å². The lowest BCUT2D eigenvalue weighted by molar-refractivity contribution is 0.291. The van der Waals surface area contributed by atoms with E-state index < -0.39 is 0 Å². The van der Waals surface area contributed by atoms with Crippen LogP contribution in [-0.4, -0.2) is 27.7 Å². The van der Waals surface area contributed by atoms with Crippen LogP contribution in [0, 0.1) is 6.92 Å². The van der Waals surface area contributed by atoms with Crippen LogP contribution in [-0.2, 0) is 6.61 Å². The van der Waals surface area contributed by atoms with Crippen molar-refractivity contribution in [2.24, 2.45) is 0 Å². The van der Waals surface area contributed by atoms with Gasteiger partial charge in [-0.15, -0.1) is 0 Å². The number of rotatable bonds is 4. The average molecular weight is 322 g/mol. The standard InChI is InChI=1S/C19H22N4O/c1-14-12-21-23-10-7-15(11-18(14)23)13-24-19-4-2-3-17(22-19)16-5-8-20-9-6-16/h2-4,7,10-12,16,20H,5-6,8-9,13H2,1H3. The monoisotopic (exact) mass is 322 g/mol. The van der Waals surface area contributed by atoms with Crippen LogP contribution in [0.4, 0.5) is 0 Å². The van der Waals surface area contributed by atoms with E-state index in [9.17, 15) is 0 Å². The lowest BCUT2D eigenvalue weighted by Gasteiger charge is -2.22. The van der Waals surface area contributed by atoms with Crippen molar-refractivity contribution >= 4 is 5.52 Å². The molecule has 0 aromatic carbocycles. The maximum absolute atomic E-state index is 5.93. The Kier molecular flexibility index (Phi) is 4.17. The second-order valence-electron chi connectivity index (χ2n) is 6.41. The fraction of sp³-hybridized carbons (Fsp3) is 0.368. The van der Waals surface area contributed by atoms with Gasteiger partial charge in [0, 0.05) is 23.9 Å². The van der Waals surface area contributed by atoms with Gasteiger partial charge in [0.2, 0.25) is 5.88 Å². The van der Waals surface area contributed by atoms with E-state index in [4.69, 9.17) is 9.72 Å². The Hall–Kier alpha value is -2.40. The fourth-order valence-electron chi connectivity index (χ4n) is 3.25. The molecule has 1 saturated heterocycles. The van der Waals surface area contributed by atoms with E-state index in [-0.39, 0.29) is 0 Å². The largest absolute Gasteiger partial charge is 0.473 e. The Morgan fingerprint density at radius 2 is 2.12 bits per heavy atom. The Morgan fingerprint density at radius 3 is 3.00 bits per heavy atom. The van der Waals surface area contributed by atoms with E-state index in [0.29, 0.717) is 18.4 Å². The SMILES string of the molecule is Cc1cnn2ccc(COc3cccc(C4CCNCC4)n3)cc12. The Morgan fingerprint density at radius 1 is 1.25 bits per heavy atom. The van der Waals surface area contributed by atoms with Crippen LogP contribution in [0.3, 0.4) is 0 Å². The molecular formula is C19H22N4O. The van der Waals surface area contributed by atoms with Gasteiger partial charge >= 0.3 is 0 Å². The zero-order valence-electron chi connectivity index (χ0n) is 13.9. The second-order valence-corrected chi connectivity index (χ2v) is 6.41. The summed E-state index contributed by atoms with van der Waals surface area (Å²) >= 11 is 0. The molecule has 0 spiro atoms. The smallest absolute Gasteiger partial charge is 0.213 e. The predicted molar refractivity (Wildman–Crippen MR) is 93.3 cm³/mol. The van der Waals surface area contributed by atoms with Crippen LogP contribution >= 0.6 is 0 Å². The highest BCUT2D eigenvalue weighted by molar-refractivity contribution is 5.54. The summed E-state index contributed by atoms with van der Waals surface area (Å²) in [5, 5.41) is 7.70. The molecule has 0 radical (unpaired) electrons. The first-order valence-electron chi connectivity index (χ1n) is 8.53. The number of piperidine rings is 1. The highest BCUT2D eigenvalue weighted by atomic mass is 16.5. The summed E-state index contributed by atoms with van der Waals surface area (Å²) in [6.07, 6.45) is 6.14. The first-order valence-corrected chi connectivity index (χ1v) is 8.53. The third kappa shape index (κ3) is 3.12.